The third-order valence-corrected chi connectivity index (χ3v) is 5.76. The van der Waals surface area contributed by atoms with E-state index in [1.54, 1.807) is 0 Å². The molecule has 0 aliphatic heterocycles. The lowest BCUT2D eigenvalue weighted by atomic mass is 9.98. The first-order valence-electron chi connectivity index (χ1n) is 10.7. The Kier molecular flexibility index (Phi) is 6.60. The number of nitrogens with one attached hydrogen (secondary N) is 2. The second kappa shape index (κ2) is 9.75. The lowest BCUT2D eigenvalue weighted by Crippen LogP contribution is -2.42. The molecule has 0 spiro atoms. The maximum absolute atomic E-state index is 12.7. The molecule has 2 amide bonds. The van der Waals surface area contributed by atoms with E-state index in [1.807, 2.05) is 48.5 Å². The van der Waals surface area contributed by atoms with Crippen molar-refractivity contribution < 1.29 is 29.3 Å². The van der Waals surface area contributed by atoms with E-state index in [0.29, 0.717) is 0 Å². The Hall–Kier alpha value is -4.18. The van der Waals surface area contributed by atoms with Crippen molar-refractivity contribution in [2.75, 3.05) is 18.5 Å². The Morgan fingerprint density at radius 2 is 1.71 bits per heavy atom. The molecule has 2 aromatic carbocycles. The molecule has 34 heavy (non-hydrogen) atoms. The van der Waals surface area contributed by atoms with Crippen LogP contribution in [0.25, 0.3) is 11.1 Å². The van der Waals surface area contributed by atoms with Gasteiger partial charge in [-0.3, -0.25) is 14.8 Å². The summed E-state index contributed by atoms with van der Waals surface area (Å²) in [5.74, 6) is -2.16. The molecule has 0 bridgehead atoms. The maximum atomic E-state index is 12.7. The highest BCUT2D eigenvalue weighted by Crippen LogP contribution is 2.44. The number of carboxylic acid groups (broad SMARTS) is 1. The van der Waals surface area contributed by atoms with Crippen LogP contribution in [0.4, 0.5) is 10.5 Å². The number of benzene rings is 2. The quantitative estimate of drug-likeness (QED) is 0.401. The summed E-state index contributed by atoms with van der Waals surface area (Å²) in [4.78, 5) is 36.5. The van der Waals surface area contributed by atoms with Crippen LogP contribution in [0.2, 0.25) is 0 Å². The second-order valence-electron chi connectivity index (χ2n) is 7.86. The number of hydrogen-bond donors (Lipinski definition) is 4. The highest BCUT2D eigenvalue weighted by atomic mass is 16.5. The van der Waals surface area contributed by atoms with Crippen LogP contribution in [0.1, 0.15) is 34.0 Å². The summed E-state index contributed by atoms with van der Waals surface area (Å²) in [5, 5.41) is 27.0. The van der Waals surface area contributed by atoms with E-state index in [-0.39, 0.29) is 30.3 Å². The van der Waals surface area contributed by atoms with Gasteiger partial charge in [-0.25, -0.2) is 9.59 Å². The minimum Gasteiger partial charge on any atom is -0.480 e. The number of rotatable bonds is 8. The van der Waals surface area contributed by atoms with E-state index >= 15 is 0 Å². The minimum absolute atomic E-state index is 0.0438. The van der Waals surface area contributed by atoms with Gasteiger partial charge in [-0.05, 0) is 22.3 Å². The molecule has 1 aromatic heterocycles. The summed E-state index contributed by atoms with van der Waals surface area (Å²) in [5.41, 5.74) is 4.38. The van der Waals surface area contributed by atoms with Crippen LogP contribution in [0.3, 0.4) is 0 Å². The smallest absolute Gasteiger partial charge is 0.411 e. The van der Waals surface area contributed by atoms with Crippen LogP contribution >= 0.6 is 0 Å². The number of amides is 2. The molecule has 1 heterocycles. The predicted molar refractivity (Wildman–Crippen MR) is 122 cm³/mol. The summed E-state index contributed by atoms with van der Waals surface area (Å²) >= 11 is 0. The normalized spacial score (nSPS) is 13.0. The molecule has 0 radical (unpaired) electrons. The predicted octanol–water partition coefficient (Wildman–Crippen LogP) is 2.35. The zero-order valence-electron chi connectivity index (χ0n) is 18.4. The zero-order chi connectivity index (χ0) is 24.2. The molecule has 10 heteroatoms. The number of aliphatic hydroxyl groups excluding tert-OH is 1. The lowest BCUT2D eigenvalue weighted by molar-refractivity contribution is -0.139. The van der Waals surface area contributed by atoms with E-state index in [2.05, 4.69) is 15.7 Å². The fourth-order valence-corrected chi connectivity index (χ4v) is 4.16. The Bertz CT molecular complexity index is 1190. The third-order valence-electron chi connectivity index (χ3n) is 5.76. The molecular weight excluding hydrogens is 440 g/mol. The number of aliphatic hydroxyl groups is 1. The topological polar surface area (TPSA) is 143 Å². The molecule has 0 saturated heterocycles. The number of carbonyl (C=O) groups is 3. The van der Waals surface area contributed by atoms with Gasteiger partial charge in [0.25, 0.3) is 5.91 Å². The lowest BCUT2D eigenvalue weighted by Gasteiger charge is -2.16. The van der Waals surface area contributed by atoms with Gasteiger partial charge in [0, 0.05) is 26.0 Å². The van der Waals surface area contributed by atoms with E-state index in [9.17, 15) is 19.5 Å². The first-order chi connectivity index (χ1) is 16.4. The van der Waals surface area contributed by atoms with Crippen LogP contribution in [-0.4, -0.2) is 57.2 Å². The number of nitrogens with zero attached hydrogens (tertiary/aromatic N) is 2. The minimum atomic E-state index is -1.28. The average Bonchev–Trinajstić information content (AvgIpc) is 3.34. The van der Waals surface area contributed by atoms with Crippen molar-refractivity contribution >= 4 is 23.7 Å². The van der Waals surface area contributed by atoms with Crippen molar-refractivity contribution in [1.29, 1.82) is 0 Å². The highest BCUT2D eigenvalue weighted by molar-refractivity contribution is 6.02. The van der Waals surface area contributed by atoms with Gasteiger partial charge in [0.05, 0.1) is 11.9 Å². The first kappa shape index (κ1) is 23.0. The number of aromatic nitrogens is 2. The largest absolute Gasteiger partial charge is 0.480 e. The second-order valence-corrected chi connectivity index (χ2v) is 7.86. The van der Waals surface area contributed by atoms with Crippen molar-refractivity contribution in [2.24, 2.45) is 7.05 Å². The van der Waals surface area contributed by atoms with Gasteiger partial charge in [-0.2, -0.15) is 5.10 Å². The number of anilines is 1. The molecule has 1 aliphatic carbocycles. The van der Waals surface area contributed by atoms with Crippen LogP contribution < -0.4 is 10.6 Å². The van der Waals surface area contributed by atoms with Gasteiger partial charge in [0.1, 0.15) is 18.3 Å². The molecule has 0 fully saturated rings. The summed E-state index contributed by atoms with van der Waals surface area (Å²) in [7, 11) is 1.49. The Labute approximate surface area is 195 Å². The van der Waals surface area contributed by atoms with Crippen molar-refractivity contribution in [2.45, 2.75) is 18.4 Å². The molecule has 176 valence electrons. The number of aliphatic carboxylic acids is 1. The SMILES string of the molecule is Cn1ncc(NC(=O)OCC2c3ccccc3-c3ccccc32)c1C(=O)N[C@@H](CCO)C(=O)O. The zero-order valence-corrected chi connectivity index (χ0v) is 18.4. The summed E-state index contributed by atoms with van der Waals surface area (Å²) in [6.45, 7) is -0.313. The molecule has 1 atom stereocenters. The maximum Gasteiger partial charge on any atom is 0.411 e. The number of ether oxygens (including phenoxy) is 1. The van der Waals surface area contributed by atoms with E-state index in [1.165, 1.54) is 17.9 Å². The fraction of sp³-hybridized carbons (Fsp3) is 0.250. The van der Waals surface area contributed by atoms with Crippen LogP contribution in [0.5, 0.6) is 0 Å². The summed E-state index contributed by atoms with van der Waals surface area (Å²) in [6, 6.07) is 14.6. The van der Waals surface area contributed by atoms with Gasteiger partial charge in [0.15, 0.2) is 0 Å². The van der Waals surface area contributed by atoms with Gasteiger partial charge in [-0.15, -0.1) is 0 Å². The van der Waals surface area contributed by atoms with Gasteiger partial charge in [-0.1, -0.05) is 48.5 Å². The molecule has 10 nitrogen and oxygen atoms in total. The fourth-order valence-electron chi connectivity index (χ4n) is 4.16. The van der Waals surface area contributed by atoms with Crippen molar-refractivity contribution in [3.8, 4) is 11.1 Å². The highest BCUT2D eigenvalue weighted by Gasteiger charge is 2.30. The Morgan fingerprint density at radius 1 is 1.09 bits per heavy atom. The number of carbonyl (C=O) groups excluding carboxylic acids is 2. The molecule has 3 aromatic rings. The summed E-state index contributed by atoms with van der Waals surface area (Å²) < 4.78 is 6.71. The van der Waals surface area contributed by atoms with Crippen LogP contribution in [0.15, 0.2) is 54.7 Å². The Balaban J connectivity index is 1.45. The third kappa shape index (κ3) is 4.48. The van der Waals surface area contributed by atoms with Gasteiger partial charge in [0.2, 0.25) is 0 Å². The molecule has 4 N–H and O–H groups in total. The van der Waals surface area contributed by atoms with Crippen molar-refractivity contribution in [3.05, 3.63) is 71.5 Å². The van der Waals surface area contributed by atoms with Crippen molar-refractivity contribution in [3.63, 3.8) is 0 Å². The molecule has 0 saturated carbocycles. The Morgan fingerprint density at radius 3 is 2.29 bits per heavy atom. The van der Waals surface area contributed by atoms with Crippen molar-refractivity contribution in [1.82, 2.24) is 15.1 Å². The standard InChI is InChI=1S/C24H24N4O6/c1-28-21(22(30)26-19(10-11-29)23(31)32)20(12-25-28)27-24(33)34-13-18-16-8-4-2-6-14(16)15-7-3-5-9-17(15)18/h2-9,12,18-19,29H,10-11,13H2,1H3,(H,26,30)(H,27,33)(H,31,32)/t19-/m0/s1. The number of aryl methyl sites for hydroxylation is 1. The monoisotopic (exact) mass is 464 g/mol. The first-order valence-corrected chi connectivity index (χ1v) is 10.7. The van der Waals surface area contributed by atoms with Crippen LogP contribution in [0, 0.1) is 0 Å². The molecule has 0 unspecified atom stereocenters. The molecule has 4 rings (SSSR count). The number of hydrogen-bond acceptors (Lipinski definition) is 6. The van der Waals surface area contributed by atoms with Gasteiger partial charge >= 0.3 is 12.1 Å². The van der Waals surface area contributed by atoms with E-state index in [0.717, 1.165) is 22.3 Å². The van der Waals surface area contributed by atoms with Crippen LogP contribution in [-0.2, 0) is 16.6 Å². The molecular formula is C24H24N4O6. The van der Waals surface area contributed by atoms with Gasteiger partial charge < -0.3 is 20.3 Å². The number of fused-ring (bicyclic) bond motifs is 3. The molecule has 1 aliphatic rings. The average molecular weight is 464 g/mol. The number of carboxylic acids is 1. The van der Waals surface area contributed by atoms with E-state index in [4.69, 9.17) is 9.84 Å². The summed E-state index contributed by atoms with van der Waals surface area (Å²) in [6.07, 6.45) is 0.348. The van der Waals surface area contributed by atoms with E-state index < -0.39 is 30.6 Å².